The molecule has 0 bridgehead atoms. The molecular formula is C83H89BrN4O4S4. The number of Topliss-reactive ketones (excluding diaryl/α,β-unsaturated/α-hetero) is 4. The minimum Gasteiger partial charge on any atom is -0.295 e. The zero-order chi connectivity index (χ0) is 68.6. The standard InChI is InChI=1S/C22H25NOS.C21H22BrNOS.C21H23NOS.C19H19NOS/c1-5-22(16-8-6-14(2)7-9-16)19-15(10-17-20(22)25-13-23-17)11-21(3,4)12-18(19)24;1-4-21(14-6-5-7-15(22)9-14)18-13(8-16-19(21)25-12-23-16)10-20(2,3)11-17(18)24;1-4-21(15-8-6-5-7-9-15)18-14(10-16-19(21)24-13-22-16)11-20(2,3)12-17(18)23;1-2-19(14-8-4-3-5-9-14)17-13(7-6-10-16(17)21)11-15-18(19)22-12-20-15/h6-9,13H,5,10-12H2,1-4H3;5-7,9,12H,4,8,10-11H2,1-3H3;5-9,13H,4,10-12H2,1-3H3;3-5,8-9,12H,2,6-7,10-11H2,1H3/t22-;2*21-;19-/m0000/s1/i;;13D;. The molecule has 96 heavy (non-hydrogen) atoms. The molecule has 496 valence electrons. The Hall–Kier alpha value is -6.48. The lowest BCUT2D eigenvalue weighted by molar-refractivity contribution is -0.119. The summed E-state index contributed by atoms with van der Waals surface area (Å²) in [5, 5.41) is 0. The number of thiazole rings is 4. The van der Waals surface area contributed by atoms with Crippen LogP contribution < -0.4 is 0 Å². The van der Waals surface area contributed by atoms with Crippen LogP contribution in [0.4, 0.5) is 0 Å². The molecule has 0 radical (unpaired) electrons. The lowest BCUT2D eigenvalue weighted by atomic mass is 9.59. The molecule has 0 unspecified atom stereocenters. The van der Waals surface area contributed by atoms with Gasteiger partial charge in [0.25, 0.3) is 0 Å². The Morgan fingerprint density at radius 3 is 1.17 bits per heavy atom. The van der Waals surface area contributed by atoms with Gasteiger partial charge in [-0.05, 0) is 115 Å². The van der Waals surface area contributed by atoms with Crippen LogP contribution in [0.2, 0.25) is 0 Å². The van der Waals surface area contributed by atoms with E-state index in [2.05, 4.69) is 191 Å². The molecule has 0 saturated carbocycles. The summed E-state index contributed by atoms with van der Waals surface area (Å²) in [6, 6.07) is 38.1. The summed E-state index contributed by atoms with van der Waals surface area (Å²) in [5.74, 6) is 1.30. The van der Waals surface area contributed by atoms with Crippen LogP contribution in [0.25, 0.3) is 0 Å². The first kappa shape index (κ1) is 66.7. The highest BCUT2D eigenvalue weighted by atomic mass is 79.9. The third-order valence-electron chi connectivity index (χ3n) is 22.2. The monoisotopic (exact) mass is 1410 g/mol. The number of aromatic nitrogens is 4. The molecule has 16 rings (SSSR count). The van der Waals surface area contributed by atoms with Crippen LogP contribution in [0, 0.1) is 23.2 Å². The highest BCUT2D eigenvalue weighted by molar-refractivity contribution is 9.10. The van der Waals surface area contributed by atoms with Crippen LogP contribution in [-0.2, 0) is 66.5 Å². The summed E-state index contributed by atoms with van der Waals surface area (Å²) < 4.78 is 9.15. The Kier molecular flexibility index (Phi) is 18.3. The van der Waals surface area contributed by atoms with Crippen LogP contribution in [0.1, 0.15) is 224 Å². The minimum atomic E-state index is -0.436. The summed E-state index contributed by atoms with van der Waals surface area (Å²) in [5.41, 5.74) is 25.0. The normalized spacial score (nSPS) is 25.0. The molecule has 13 heteroatoms. The van der Waals surface area contributed by atoms with Crippen molar-refractivity contribution in [3.8, 4) is 0 Å². The largest absolute Gasteiger partial charge is 0.295 e. The molecule has 4 aromatic heterocycles. The highest BCUT2D eigenvalue weighted by Gasteiger charge is 2.54. The van der Waals surface area contributed by atoms with Crippen molar-refractivity contribution < 1.29 is 20.5 Å². The Morgan fingerprint density at radius 1 is 0.406 bits per heavy atom. The Balaban J connectivity index is 0.000000117. The van der Waals surface area contributed by atoms with E-state index in [0.29, 0.717) is 48.5 Å². The topological polar surface area (TPSA) is 120 Å². The molecule has 0 N–H and O–H groups in total. The molecule has 0 amide bonds. The SMILES string of the molecule is CC[C@]1(c2ccc(C)cc2)C2=C(Cc3ncsc31)CC(C)(C)CC2=O.CC[C@]1(c2cccc(Br)c2)C2=C(Cc3ncsc31)CC(C)(C)CC2=O.CC[C@]1(c2ccccc2)C2=C(CCCC2=O)Cc2ncsc21.[2H]c1nc2c(s1)[C@@](CC)(c1ccccc1)C1=C(C2)CC(C)(C)CC1=O. The Morgan fingerprint density at radius 2 is 0.760 bits per heavy atom. The van der Waals surface area contributed by atoms with E-state index in [0.717, 1.165) is 132 Å². The summed E-state index contributed by atoms with van der Waals surface area (Å²) in [6.45, 7) is 24.1. The van der Waals surface area contributed by atoms with E-state index in [-0.39, 0.29) is 38.3 Å². The first-order chi connectivity index (χ1) is 46.4. The molecule has 4 atom stereocenters. The maximum absolute atomic E-state index is 13.3. The van der Waals surface area contributed by atoms with E-state index in [1.165, 1.54) is 81.9 Å². The zero-order valence-corrected chi connectivity index (χ0v) is 62.4. The van der Waals surface area contributed by atoms with Crippen molar-refractivity contribution in [2.75, 3.05) is 0 Å². The van der Waals surface area contributed by atoms with Gasteiger partial charge in [-0.15, -0.1) is 45.3 Å². The van der Waals surface area contributed by atoms with Gasteiger partial charge >= 0.3 is 0 Å². The average molecular weight is 1420 g/mol. The summed E-state index contributed by atoms with van der Waals surface area (Å²) in [4.78, 5) is 76.2. The predicted octanol–water partition coefficient (Wildman–Crippen LogP) is 20.8. The van der Waals surface area contributed by atoms with Gasteiger partial charge < -0.3 is 0 Å². The highest BCUT2D eigenvalue weighted by Crippen LogP contribution is 2.59. The molecule has 4 aromatic carbocycles. The zero-order valence-electron chi connectivity index (χ0n) is 58.6. The fourth-order valence-corrected chi connectivity index (χ4v) is 23.3. The van der Waals surface area contributed by atoms with Crippen molar-refractivity contribution in [2.24, 2.45) is 16.2 Å². The molecular weight excluding hydrogens is 1330 g/mol. The number of aryl methyl sites for hydroxylation is 1. The molecule has 8 nitrogen and oxygen atoms in total. The first-order valence-electron chi connectivity index (χ1n) is 35.1. The summed E-state index contributed by atoms with van der Waals surface area (Å²) >= 11 is 10.2. The number of rotatable bonds is 8. The smallest absolute Gasteiger partial charge is 0.160 e. The molecule has 8 aromatic rings. The van der Waals surface area contributed by atoms with E-state index < -0.39 is 5.41 Å². The fraction of sp³-hybridized carbons (Fsp3) is 0.422. The van der Waals surface area contributed by atoms with Crippen molar-refractivity contribution in [3.63, 3.8) is 0 Å². The van der Waals surface area contributed by atoms with Gasteiger partial charge in [0.05, 0.1) is 67.8 Å². The quantitative estimate of drug-likeness (QED) is 0.148. The van der Waals surface area contributed by atoms with E-state index >= 15 is 0 Å². The molecule has 0 aliphatic heterocycles. The molecule has 0 saturated heterocycles. The van der Waals surface area contributed by atoms with Crippen molar-refractivity contribution in [1.82, 2.24) is 19.9 Å². The van der Waals surface area contributed by atoms with Gasteiger partial charge in [0.1, 0.15) is 0 Å². The van der Waals surface area contributed by atoms with Gasteiger partial charge in [-0.3, -0.25) is 19.2 Å². The lowest BCUT2D eigenvalue weighted by Crippen LogP contribution is -2.42. The number of nitrogens with zero attached hydrogens (tertiary/aromatic N) is 4. The molecule has 0 spiro atoms. The third kappa shape index (κ3) is 11.6. The van der Waals surface area contributed by atoms with Gasteiger partial charge in [-0.25, -0.2) is 19.9 Å². The van der Waals surface area contributed by atoms with Crippen LogP contribution in [0.15, 0.2) is 180 Å². The molecule has 8 aliphatic carbocycles. The van der Waals surface area contributed by atoms with E-state index in [1.807, 2.05) is 46.9 Å². The van der Waals surface area contributed by atoms with E-state index in [1.54, 1.807) is 34.0 Å². The molecule has 0 fully saturated rings. The number of hydrogen-bond donors (Lipinski definition) is 0. The maximum Gasteiger partial charge on any atom is 0.160 e. The second-order valence-corrected chi connectivity index (χ2v) is 34.6. The van der Waals surface area contributed by atoms with Crippen LogP contribution in [0.5, 0.6) is 0 Å². The van der Waals surface area contributed by atoms with Crippen LogP contribution in [0.3, 0.4) is 0 Å². The van der Waals surface area contributed by atoms with Crippen molar-refractivity contribution in [1.29, 1.82) is 0 Å². The summed E-state index contributed by atoms with van der Waals surface area (Å²) in [7, 11) is 0. The number of carbonyl (C=O) groups is 4. The third-order valence-corrected chi connectivity index (χ3v) is 26.8. The average Bonchev–Trinajstić information content (AvgIpc) is 1.72. The number of benzene rings is 4. The predicted molar refractivity (Wildman–Crippen MR) is 397 cm³/mol. The van der Waals surface area contributed by atoms with Gasteiger partial charge in [0.2, 0.25) is 0 Å². The lowest BCUT2D eigenvalue weighted by Gasteiger charge is -2.44. The van der Waals surface area contributed by atoms with E-state index in [4.69, 9.17) is 1.37 Å². The molecule has 8 aliphatic rings. The number of ketones is 4. The number of carbonyl (C=O) groups excluding carboxylic acids is 4. The van der Waals surface area contributed by atoms with Crippen LogP contribution >= 0.6 is 61.3 Å². The van der Waals surface area contributed by atoms with Gasteiger partial charge in [0, 0.05) is 97.6 Å². The second kappa shape index (κ2) is 26.3. The van der Waals surface area contributed by atoms with Crippen molar-refractivity contribution in [2.45, 2.75) is 207 Å². The number of allylic oxidation sites excluding steroid dienone is 8. The second-order valence-electron chi connectivity index (χ2n) is 30.3. The van der Waals surface area contributed by atoms with E-state index in [9.17, 15) is 19.2 Å². The minimum absolute atomic E-state index is 0.00338. The maximum atomic E-state index is 13.3. The molecule has 4 heterocycles. The van der Waals surface area contributed by atoms with Crippen molar-refractivity contribution >= 4 is 84.4 Å². The van der Waals surface area contributed by atoms with Crippen molar-refractivity contribution in [3.05, 3.63) is 250 Å². The van der Waals surface area contributed by atoms with Gasteiger partial charge in [-0.1, -0.05) is 210 Å². The van der Waals surface area contributed by atoms with Gasteiger partial charge in [0.15, 0.2) is 23.1 Å². The van der Waals surface area contributed by atoms with Crippen LogP contribution in [-0.4, -0.2) is 43.1 Å². The number of fused-ring (bicyclic) bond motifs is 4. The first-order valence-corrected chi connectivity index (χ1v) is 38.9. The number of halogens is 1. The Bertz CT molecular complexity index is 4540. The number of hydrogen-bond acceptors (Lipinski definition) is 12. The summed E-state index contributed by atoms with van der Waals surface area (Å²) in [6.07, 6.45) is 14.3. The fourth-order valence-electron chi connectivity index (χ4n) is 18.5. The Labute approximate surface area is 594 Å². The van der Waals surface area contributed by atoms with Gasteiger partial charge in [-0.2, -0.15) is 0 Å².